The Hall–Kier alpha value is -1.13. The van der Waals surface area contributed by atoms with Gasteiger partial charge < -0.3 is 0 Å². The van der Waals surface area contributed by atoms with E-state index in [1.54, 1.807) is 0 Å². The van der Waals surface area contributed by atoms with Crippen LogP contribution in [-0.4, -0.2) is 10.2 Å². The van der Waals surface area contributed by atoms with Crippen molar-refractivity contribution in [3.63, 3.8) is 0 Å². The summed E-state index contributed by atoms with van der Waals surface area (Å²) in [4.78, 5) is 20.8. The van der Waals surface area contributed by atoms with Crippen molar-refractivity contribution in [3.8, 4) is 0 Å². The molecule has 0 amide bonds. The van der Waals surface area contributed by atoms with E-state index >= 15 is 0 Å². The third kappa shape index (κ3) is 2.02. The molecular weight excluding hydrogens is 229 g/mol. The third-order valence-corrected chi connectivity index (χ3v) is 2.18. The molecule has 0 spiro atoms. The standard InChI is InChI=1S/C8H5Cl2NO3/c1-4-6(8(10)12)2-5(9)3-7(4)11(13)14/h2-3H,1H3. The first-order valence-corrected chi connectivity index (χ1v) is 4.33. The van der Waals surface area contributed by atoms with Crippen molar-refractivity contribution in [2.75, 3.05) is 0 Å². The second kappa shape index (κ2) is 3.94. The second-order valence-electron chi connectivity index (χ2n) is 2.63. The van der Waals surface area contributed by atoms with E-state index < -0.39 is 10.2 Å². The Morgan fingerprint density at radius 2 is 2.07 bits per heavy atom. The van der Waals surface area contributed by atoms with Crippen LogP contribution in [0.5, 0.6) is 0 Å². The monoisotopic (exact) mass is 233 g/mol. The molecule has 0 bridgehead atoms. The first-order chi connectivity index (χ1) is 6.43. The molecule has 6 heteroatoms. The van der Waals surface area contributed by atoms with Crippen molar-refractivity contribution in [1.29, 1.82) is 0 Å². The number of hydrogen-bond donors (Lipinski definition) is 0. The molecule has 0 N–H and O–H groups in total. The van der Waals surface area contributed by atoms with Crippen LogP contribution in [-0.2, 0) is 0 Å². The van der Waals surface area contributed by atoms with Crippen LogP contribution >= 0.6 is 23.2 Å². The van der Waals surface area contributed by atoms with Gasteiger partial charge in [0.25, 0.3) is 10.9 Å². The minimum absolute atomic E-state index is 0.0610. The Kier molecular flexibility index (Phi) is 3.08. The molecule has 1 aromatic carbocycles. The SMILES string of the molecule is Cc1c(C(=O)Cl)cc(Cl)cc1[N+](=O)[O-]. The summed E-state index contributed by atoms with van der Waals surface area (Å²) in [6, 6.07) is 2.49. The van der Waals surface area contributed by atoms with Gasteiger partial charge in [-0.15, -0.1) is 0 Å². The van der Waals surface area contributed by atoms with Gasteiger partial charge in [-0.2, -0.15) is 0 Å². The van der Waals surface area contributed by atoms with Gasteiger partial charge in [0.1, 0.15) is 0 Å². The van der Waals surface area contributed by atoms with Crippen molar-refractivity contribution < 1.29 is 9.72 Å². The summed E-state index contributed by atoms with van der Waals surface area (Å²) in [7, 11) is 0. The number of carbonyl (C=O) groups excluding carboxylic acids is 1. The van der Waals surface area contributed by atoms with Gasteiger partial charge in [0.15, 0.2) is 0 Å². The highest BCUT2D eigenvalue weighted by molar-refractivity contribution is 6.68. The van der Waals surface area contributed by atoms with Gasteiger partial charge in [0.05, 0.1) is 4.92 Å². The molecule has 0 saturated heterocycles. The summed E-state index contributed by atoms with van der Waals surface area (Å²) >= 11 is 10.8. The molecule has 0 aromatic heterocycles. The van der Waals surface area contributed by atoms with E-state index in [-0.39, 0.29) is 21.8 Å². The molecule has 1 aromatic rings. The summed E-state index contributed by atoms with van der Waals surface area (Å²) in [5.41, 5.74) is 0.0757. The zero-order chi connectivity index (χ0) is 10.9. The molecule has 0 aliphatic carbocycles. The predicted molar refractivity (Wildman–Crippen MR) is 53.0 cm³/mol. The summed E-state index contributed by atoms with van der Waals surface area (Å²) in [5.74, 6) is 0. The average Bonchev–Trinajstić information content (AvgIpc) is 2.07. The molecule has 14 heavy (non-hydrogen) atoms. The van der Waals surface area contributed by atoms with E-state index in [0.717, 1.165) is 0 Å². The molecule has 0 fully saturated rings. The molecule has 0 aliphatic rings. The highest BCUT2D eigenvalue weighted by Crippen LogP contribution is 2.27. The van der Waals surface area contributed by atoms with Crippen LogP contribution in [0.1, 0.15) is 15.9 Å². The van der Waals surface area contributed by atoms with Gasteiger partial charge in [-0.05, 0) is 24.6 Å². The van der Waals surface area contributed by atoms with Crippen LogP contribution in [0, 0.1) is 17.0 Å². The molecule has 0 aliphatic heterocycles. The van der Waals surface area contributed by atoms with Crippen molar-refractivity contribution in [3.05, 3.63) is 38.4 Å². The molecule has 0 unspecified atom stereocenters. The van der Waals surface area contributed by atoms with Crippen LogP contribution < -0.4 is 0 Å². The number of halogens is 2. The molecule has 0 heterocycles. The minimum Gasteiger partial charge on any atom is -0.276 e. The lowest BCUT2D eigenvalue weighted by molar-refractivity contribution is -0.385. The van der Waals surface area contributed by atoms with Crippen molar-refractivity contribution in [1.82, 2.24) is 0 Å². The maximum atomic E-state index is 10.9. The zero-order valence-electron chi connectivity index (χ0n) is 7.08. The van der Waals surface area contributed by atoms with Gasteiger partial charge in [-0.1, -0.05) is 11.6 Å². The van der Waals surface area contributed by atoms with E-state index in [1.165, 1.54) is 19.1 Å². The molecule has 0 saturated carbocycles. The molecule has 74 valence electrons. The topological polar surface area (TPSA) is 60.2 Å². The van der Waals surface area contributed by atoms with Gasteiger partial charge >= 0.3 is 0 Å². The first-order valence-electron chi connectivity index (χ1n) is 3.58. The molecule has 4 nitrogen and oxygen atoms in total. The molecule has 0 radical (unpaired) electrons. The van der Waals surface area contributed by atoms with Crippen molar-refractivity contribution >= 4 is 34.1 Å². The number of nitro benzene ring substituents is 1. The van der Waals surface area contributed by atoms with E-state index in [2.05, 4.69) is 0 Å². The maximum absolute atomic E-state index is 10.9. The Morgan fingerprint density at radius 1 is 1.50 bits per heavy atom. The number of carbonyl (C=O) groups is 1. The number of rotatable bonds is 2. The lowest BCUT2D eigenvalue weighted by atomic mass is 10.1. The number of benzene rings is 1. The van der Waals surface area contributed by atoms with Gasteiger partial charge in [-0.25, -0.2) is 0 Å². The van der Waals surface area contributed by atoms with Crippen LogP contribution in [0.2, 0.25) is 5.02 Å². The van der Waals surface area contributed by atoms with Crippen LogP contribution in [0.15, 0.2) is 12.1 Å². The first kappa shape index (κ1) is 10.9. The summed E-state index contributed by atoms with van der Waals surface area (Å²) < 4.78 is 0. The van der Waals surface area contributed by atoms with Gasteiger partial charge in [0, 0.05) is 22.2 Å². The molecule has 0 atom stereocenters. The summed E-state index contributed by atoms with van der Waals surface area (Å²) in [6.45, 7) is 1.45. The maximum Gasteiger partial charge on any atom is 0.274 e. The number of nitrogens with zero attached hydrogens (tertiary/aromatic N) is 1. The fraction of sp³-hybridized carbons (Fsp3) is 0.125. The highest BCUT2D eigenvalue weighted by Gasteiger charge is 2.18. The quantitative estimate of drug-likeness (QED) is 0.449. The van der Waals surface area contributed by atoms with E-state index in [0.29, 0.717) is 0 Å². The predicted octanol–water partition coefficient (Wildman–Crippen LogP) is 2.94. The Bertz CT molecular complexity index is 382. The zero-order valence-corrected chi connectivity index (χ0v) is 8.59. The Balaban J connectivity index is 3.47. The fourth-order valence-corrected chi connectivity index (χ4v) is 1.47. The van der Waals surface area contributed by atoms with E-state index in [4.69, 9.17) is 23.2 Å². The summed E-state index contributed by atoms with van der Waals surface area (Å²) in [5, 5.41) is 9.90. The van der Waals surface area contributed by atoms with Crippen LogP contribution in [0.25, 0.3) is 0 Å². The Morgan fingerprint density at radius 3 is 2.50 bits per heavy atom. The summed E-state index contributed by atoms with van der Waals surface area (Å²) in [6.07, 6.45) is 0. The second-order valence-corrected chi connectivity index (χ2v) is 3.41. The van der Waals surface area contributed by atoms with Crippen molar-refractivity contribution in [2.45, 2.75) is 6.92 Å². The normalized spacial score (nSPS) is 9.93. The van der Waals surface area contributed by atoms with Crippen LogP contribution in [0.4, 0.5) is 5.69 Å². The van der Waals surface area contributed by atoms with E-state index in [9.17, 15) is 14.9 Å². The van der Waals surface area contributed by atoms with E-state index in [1.807, 2.05) is 0 Å². The fourth-order valence-electron chi connectivity index (χ4n) is 1.06. The largest absolute Gasteiger partial charge is 0.276 e. The smallest absolute Gasteiger partial charge is 0.274 e. The van der Waals surface area contributed by atoms with Crippen molar-refractivity contribution in [2.24, 2.45) is 0 Å². The van der Waals surface area contributed by atoms with Gasteiger partial charge in [-0.3, -0.25) is 14.9 Å². The molecule has 1 rings (SSSR count). The van der Waals surface area contributed by atoms with Crippen LogP contribution in [0.3, 0.4) is 0 Å². The third-order valence-electron chi connectivity index (χ3n) is 1.75. The Labute approximate surface area is 89.6 Å². The molecular formula is C8H5Cl2NO3. The lowest BCUT2D eigenvalue weighted by Gasteiger charge is -2.02. The lowest BCUT2D eigenvalue weighted by Crippen LogP contribution is -1.99. The highest BCUT2D eigenvalue weighted by atomic mass is 35.5. The number of hydrogen-bond acceptors (Lipinski definition) is 3. The number of nitro groups is 1. The minimum atomic E-state index is -0.756. The average molecular weight is 234 g/mol. The van der Waals surface area contributed by atoms with Gasteiger partial charge in [0.2, 0.25) is 0 Å².